The van der Waals surface area contributed by atoms with Crippen molar-refractivity contribution in [2.24, 2.45) is 5.41 Å². The number of carboxylic acids is 1. The van der Waals surface area contributed by atoms with Crippen LogP contribution in [-0.4, -0.2) is 49.1 Å². The zero-order valence-electron chi connectivity index (χ0n) is 11.5. The lowest BCUT2D eigenvalue weighted by atomic mass is 9.90. The summed E-state index contributed by atoms with van der Waals surface area (Å²) in [5.41, 5.74) is -1.12. The van der Waals surface area contributed by atoms with Gasteiger partial charge in [0, 0.05) is 13.1 Å². The van der Waals surface area contributed by atoms with E-state index in [0.29, 0.717) is 0 Å². The second-order valence-electron chi connectivity index (χ2n) is 5.26. The monoisotopic (exact) mass is 353 g/mol. The Balaban J connectivity index is 2.30. The van der Waals surface area contributed by atoms with E-state index in [-0.39, 0.29) is 24.4 Å². The number of carbonyl (C=O) groups excluding carboxylic acids is 1. The van der Waals surface area contributed by atoms with Gasteiger partial charge in [0.2, 0.25) is 9.84 Å². The van der Waals surface area contributed by atoms with Gasteiger partial charge >= 0.3 is 11.7 Å². The molecule has 0 aliphatic carbocycles. The van der Waals surface area contributed by atoms with E-state index in [1.807, 2.05) is 0 Å². The van der Waals surface area contributed by atoms with Crippen LogP contribution in [0.5, 0.6) is 0 Å². The van der Waals surface area contributed by atoms with Gasteiger partial charge in [0.15, 0.2) is 0 Å². The molecule has 1 aliphatic rings. The van der Waals surface area contributed by atoms with E-state index in [0.717, 1.165) is 17.4 Å². The van der Waals surface area contributed by atoms with Gasteiger partial charge in [-0.25, -0.2) is 8.42 Å². The molecule has 1 unspecified atom stereocenters. The summed E-state index contributed by atoms with van der Waals surface area (Å²) in [7, 11) is -4.87. The number of rotatable bonds is 4. The van der Waals surface area contributed by atoms with E-state index in [4.69, 9.17) is 5.11 Å². The molecule has 122 valence electrons. The molecule has 2 heterocycles. The van der Waals surface area contributed by atoms with Crippen LogP contribution >= 0.6 is 11.3 Å². The normalized spacial score (nSPS) is 22.3. The molecule has 1 fully saturated rings. The molecule has 0 aromatic carbocycles. The fourth-order valence-electron chi connectivity index (χ4n) is 2.23. The third-order valence-corrected chi connectivity index (χ3v) is 6.10. The van der Waals surface area contributed by atoms with Gasteiger partial charge in [-0.05, 0) is 24.8 Å². The van der Waals surface area contributed by atoms with E-state index in [1.54, 1.807) is 0 Å². The summed E-state index contributed by atoms with van der Waals surface area (Å²) in [6, 6.07) is 0.964. The summed E-state index contributed by atoms with van der Waals surface area (Å²) < 4.78 is 48.4. The van der Waals surface area contributed by atoms with E-state index < -0.39 is 37.8 Å². The summed E-state index contributed by atoms with van der Waals surface area (Å²) >= 11 is 0.746. The molecule has 1 amide bonds. The molecule has 10 heteroatoms. The van der Waals surface area contributed by atoms with Crippen molar-refractivity contribution >= 4 is 33.1 Å². The van der Waals surface area contributed by atoms with Crippen LogP contribution in [-0.2, 0) is 14.6 Å². The number of sulfone groups is 1. The summed E-state index contributed by atoms with van der Waals surface area (Å²) in [5, 5.41) is 10.4. The van der Waals surface area contributed by atoms with Crippen molar-refractivity contribution in [2.45, 2.75) is 24.0 Å². The highest BCUT2D eigenvalue weighted by molar-refractivity contribution is 7.92. The van der Waals surface area contributed by atoms with E-state index in [2.05, 4.69) is 0 Å². The number of carbonyl (C=O) groups is 2. The summed E-state index contributed by atoms with van der Waals surface area (Å²) in [6.45, 7) is 1.52. The maximum Gasteiger partial charge on any atom is 0.341 e. The van der Waals surface area contributed by atoms with Gasteiger partial charge in [0.1, 0.15) is 4.88 Å². The van der Waals surface area contributed by atoms with Crippen LogP contribution in [0.25, 0.3) is 0 Å². The highest BCUT2D eigenvalue weighted by atomic mass is 32.2. The Hall–Kier alpha value is -1.55. The average molecular weight is 353 g/mol. The van der Waals surface area contributed by atoms with E-state index >= 15 is 0 Å². The highest BCUT2D eigenvalue weighted by Crippen LogP contribution is 2.34. The van der Waals surface area contributed by atoms with Crippen molar-refractivity contribution in [3.63, 3.8) is 0 Å². The third-order valence-electron chi connectivity index (χ3n) is 3.64. The highest BCUT2D eigenvalue weighted by Gasteiger charge is 2.43. The van der Waals surface area contributed by atoms with Gasteiger partial charge in [-0.3, -0.25) is 9.59 Å². The molecule has 1 aliphatic heterocycles. The second kappa shape index (κ2) is 5.58. The maximum absolute atomic E-state index is 12.6. The Labute approximate surface area is 129 Å². The number of halogens is 2. The third kappa shape index (κ3) is 2.72. The number of hydrogen-bond acceptors (Lipinski definition) is 5. The molecule has 6 nitrogen and oxygen atoms in total. The lowest BCUT2D eigenvalue weighted by Crippen LogP contribution is -2.35. The smallest absolute Gasteiger partial charge is 0.341 e. The first-order valence-corrected chi connectivity index (χ1v) is 8.64. The summed E-state index contributed by atoms with van der Waals surface area (Å²) in [4.78, 5) is 23.7. The topological polar surface area (TPSA) is 91.8 Å². The Bertz CT molecular complexity index is 715. The Kier molecular flexibility index (Phi) is 4.26. The van der Waals surface area contributed by atoms with Crippen molar-refractivity contribution in [2.75, 3.05) is 13.1 Å². The van der Waals surface area contributed by atoms with Crippen LogP contribution in [0.4, 0.5) is 8.78 Å². The number of thiophene rings is 1. The van der Waals surface area contributed by atoms with Crippen LogP contribution in [0, 0.1) is 5.41 Å². The molecule has 1 saturated heterocycles. The van der Waals surface area contributed by atoms with Gasteiger partial charge in [-0.1, -0.05) is 0 Å². The maximum atomic E-state index is 12.6. The second-order valence-corrected chi connectivity index (χ2v) is 8.06. The first kappa shape index (κ1) is 16.8. The number of amides is 1. The van der Waals surface area contributed by atoms with Gasteiger partial charge in [0.05, 0.1) is 10.3 Å². The first-order chi connectivity index (χ1) is 10.1. The minimum Gasteiger partial charge on any atom is -0.481 e. The SMILES string of the molecule is CC1(C(=O)O)CCN(C(=O)c2sccc2S(=O)(=O)C(F)F)C1. The minimum atomic E-state index is -4.87. The number of likely N-dealkylation sites (tertiary alicyclic amines) is 1. The van der Waals surface area contributed by atoms with Crippen molar-refractivity contribution in [1.82, 2.24) is 4.90 Å². The number of alkyl halides is 2. The van der Waals surface area contributed by atoms with Crippen molar-refractivity contribution in [3.05, 3.63) is 16.3 Å². The Morgan fingerprint density at radius 1 is 1.45 bits per heavy atom. The summed E-state index contributed by atoms with van der Waals surface area (Å²) in [5.74, 6) is -5.41. The summed E-state index contributed by atoms with van der Waals surface area (Å²) in [6.07, 6.45) is 0.219. The fourth-order valence-corrected chi connectivity index (χ4v) is 4.35. The van der Waals surface area contributed by atoms with Crippen molar-refractivity contribution in [1.29, 1.82) is 0 Å². The van der Waals surface area contributed by atoms with Crippen LogP contribution in [0.15, 0.2) is 16.3 Å². The van der Waals surface area contributed by atoms with Crippen LogP contribution in [0.1, 0.15) is 23.0 Å². The molecule has 2 rings (SSSR count). The standard InChI is InChI=1S/C12H13F2NO5S2/c1-12(10(17)18)3-4-15(6-12)9(16)8-7(2-5-21-8)22(19,20)11(13)14/h2,5,11H,3-4,6H2,1H3,(H,17,18). The average Bonchev–Trinajstić information content (AvgIpc) is 3.05. The van der Waals surface area contributed by atoms with Gasteiger partial charge < -0.3 is 10.0 Å². The van der Waals surface area contributed by atoms with Gasteiger partial charge in [-0.2, -0.15) is 8.78 Å². The molecule has 1 aromatic heterocycles. The van der Waals surface area contributed by atoms with Gasteiger partial charge in [-0.15, -0.1) is 11.3 Å². The Morgan fingerprint density at radius 2 is 2.09 bits per heavy atom. The lowest BCUT2D eigenvalue weighted by molar-refractivity contribution is -0.147. The molecule has 1 atom stereocenters. The van der Waals surface area contributed by atoms with Crippen LogP contribution < -0.4 is 0 Å². The molecular formula is C12H13F2NO5S2. The van der Waals surface area contributed by atoms with E-state index in [9.17, 15) is 26.8 Å². The molecule has 1 aromatic rings. The molecule has 22 heavy (non-hydrogen) atoms. The zero-order valence-corrected chi connectivity index (χ0v) is 13.1. The predicted molar refractivity (Wildman–Crippen MR) is 73.8 cm³/mol. The minimum absolute atomic E-state index is 0.0900. The number of hydrogen-bond donors (Lipinski definition) is 1. The molecule has 0 radical (unpaired) electrons. The lowest BCUT2D eigenvalue weighted by Gasteiger charge is -2.20. The number of carboxylic acid groups (broad SMARTS) is 1. The van der Waals surface area contributed by atoms with Crippen molar-refractivity contribution in [3.8, 4) is 0 Å². The van der Waals surface area contributed by atoms with Crippen molar-refractivity contribution < 1.29 is 31.9 Å². The van der Waals surface area contributed by atoms with Gasteiger partial charge in [0.25, 0.3) is 5.91 Å². The Morgan fingerprint density at radius 3 is 2.59 bits per heavy atom. The molecule has 0 spiro atoms. The number of aliphatic carboxylic acids is 1. The van der Waals surface area contributed by atoms with E-state index in [1.165, 1.54) is 17.2 Å². The molecular weight excluding hydrogens is 340 g/mol. The fraction of sp³-hybridized carbons (Fsp3) is 0.500. The van der Waals surface area contributed by atoms with Crippen LogP contribution in [0.3, 0.4) is 0 Å². The largest absolute Gasteiger partial charge is 0.481 e. The van der Waals surface area contributed by atoms with Crippen LogP contribution in [0.2, 0.25) is 0 Å². The quantitative estimate of drug-likeness (QED) is 0.889. The molecule has 1 N–H and O–H groups in total. The number of nitrogens with zero attached hydrogens (tertiary/aromatic N) is 1. The predicted octanol–water partition coefficient (Wildman–Crippen LogP) is 1.68. The molecule has 0 saturated carbocycles. The first-order valence-electron chi connectivity index (χ1n) is 6.22. The zero-order chi connectivity index (χ0) is 16.7. The molecule has 0 bridgehead atoms.